The SMILES string of the molecule is C[C@H]1/C=C/C=C/C(=O)O[C@H]([C@@H](C)C2SCCCS2)[C@@H](C)/C=C/C=C/C(=O)O[C@@H]1[C@@H](C)C1SCCCS1. The first-order chi connectivity index (χ1) is 17.4. The van der Waals surface area contributed by atoms with Crippen LogP contribution in [0.5, 0.6) is 0 Å². The van der Waals surface area contributed by atoms with E-state index in [2.05, 4.69) is 27.7 Å². The molecule has 0 saturated carbocycles. The lowest BCUT2D eigenvalue weighted by Gasteiger charge is -2.34. The molecule has 0 aromatic heterocycles. The summed E-state index contributed by atoms with van der Waals surface area (Å²) in [5, 5.41) is 0. The van der Waals surface area contributed by atoms with Crippen molar-refractivity contribution >= 4 is 59.0 Å². The summed E-state index contributed by atoms with van der Waals surface area (Å²) < 4.78 is 12.8. The van der Waals surface area contributed by atoms with E-state index in [1.165, 1.54) is 25.0 Å². The molecule has 8 heteroatoms. The molecular weight excluding hydrogens is 529 g/mol. The summed E-state index contributed by atoms with van der Waals surface area (Å²) in [4.78, 5) is 25.5. The van der Waals surface area contributed by atoms with E-state index in [0.717, 1.165) is 23.0 Å². The summed E-state index contributed by atoms with van der Waals surface area (Å²) in [7, 11) is 0. The Bertz CT molecular complexity index is 759. The summed E-state index contributed by atoms with van der Waals surface area (Å²) in [5.74, 6) is 4.41. The van der Waals surface area contributed by atoms with E-state index < -0.39 is 0 Å². The predicted molar refractivity (Wildman–Crippen MR) is 160 cm³/mol. The normalized spacial score (nSPS) is 35.1. The smallest absolute Gasteiger partial charge is 0.331 e. The number of thioether (sulfide) groups is 4. The molecule has 0 aliphatic carbocycles. The molecule has 4 nitrogen and oxygen atoms in total. The summed E-state index contributed by atoms with van der Waals surface area (Å²) in [6.07, 6.45) is 16.2. The van der Waals surface area contributed by atoms with E-state index in [-0.39, 0.29) is 47.8 Å². The van der Waals surface area contributed by atoms with Gasteiger partial charge in [-0.2, -0.15) is 0 Å². The molecule has 0 N–H and O–H groups in total. The van der Waals surface area contributed by atoms with Crippen LogP contribution in [0.1, 0.15) is 40.5 Å². The first kappa shape index (κ1) is 29.9. The molecule has 0 aromatic carbocycles. The van der Waals surface area contributed by atoms with Gasteiger partial charge in [-0.1, -0.05) is 64.2 Å². The van der Waals surface area contributed by atoms with Gasteiger partial charge in [0.25, 0.3) is 0 Å². The molecule has 0 spiro atoms. The zero-order chi connectivity index (χ0) is 25.9. The Labute approximate surface area is 234 Å². The summed E-state index contributed by atoms with van der Waals surface area (Å²) in [6, 6.07) is 0. The van der Waals surface area contributed by atoms with Crippen molar-refractivity contribution in [3.05, 3.63) is 48.6 Å². The lowest BCUT2D eigenvalue weighted by atomic mass is 9.93. The third kappa shape index (κ3) is 9.25. The standard InChI is InChI=1S/C28H40O4S4/c1-19-11-5-7-13-24(30)32-26(22(4)28-35-17-10-18-36-28)20(2)12-6-8-14-23(29)31-25(19)21(3)27-33-15-9-16-34-27/h5-8,11-14,19-22,25-28H,9-10,15-18H2,1-4H3/b11-5+,12-6+,13-7+,14-8+/t19-,20-,21+,22+,25-,26-/m0/s1. The highest BCUT2D eigenvalue weighted by atomic mass is 32.2. The van der Waals surface area contributed by atoms with Gasteiger partial charge in [0.1, 0.15) is 12.2 Å². The average Bonchev–Trinajstić information content (AvgIpc) is 2.90. The highest BCUT2D eigenvalue weighted by Gasteiger charge is 2.34. The van der Waals surface area contributed by atoms with E-state index in [0.29, 0.717) is 9.16 Å². The fraction of sp³-hybridized carbons (Fsp3) is 0.643. The van der Waals surface area contributed by atoms with Gasteiger partial charge in [-0.05, 0) is 35.9 Å². The number of esters is 2. The minimum atomic E-state index is -0.316. The van der Waals surface area contributed by atoms with Crippen molar-refractivity contribution < 1.29 is 19.1 Å². The van der Waals surface area contributed by atoms with Crippen molar-refractivity contribution in [2.24, 2.45) is 23.7 Å². The number of carbonyl (C=O) groups is 2. The molecule has 3 heterocycles. The van der Waals surface area contributed by atoms with Crippen LogP contribution in [0.25, 0.3) is 0 Å². The molecule has 3 rings (SSSR count). The van der Waals surface area contributed by atoms with Crippen molar-refractivity contribution in [1.82, 2.24) is 0 Å². The fourth-order valence-electron chi connectivity index (χ4n) is 4.63. The topological polar surface area (TPSA) is 52.6 Å². The van der Waals surface area contributed by atoms with Gasteiger partial charge < -0.3 is 9.47 Å². The Morgan fingerprint density at radius 1 is 0.667 bits per heavy atom. The second-order valence-corrected chi connectivity index (χ2v) is 15.2. The van der Waals surface area contributed by atoms with Crippen LogP contribution in [0.3, 0.4) is 0 Å². The van der Waals surface area contributed by atoms with Crippen LogP contribution < -0.4 is 0 Å². The van der Waals surface area contributed by atoms with E-state index in [1.54, 1.807) is 12.2 Å². The van der Waals surface area contributed by atoms with E-state index in [4.69, 9.17) is 9.47 Å². The fourth-order valence-corrected chi connectivity index (χ4v) is 10.9. The molecule has 3 aliphatic heterocycles. The maximum atomic E-state index is 12.8. The monoisotopic (exact) mass is 568 g/mol. The Morgan fingerprint density at radius 3 is 1.39 bits per heavy atom. The average molecular weight is 569 g/mol. The lowest BCUT2D eigenvalue weighted by molar-refractivity contribution is -0.147. The van der Waals surface area contributed by atoms with Gasteiger partial charge in [-0.3, -0.25) is 0 Å². The quantitative estimate of drug-likeness (QED) is 0.337. The number of cyclic esters (lactones) is 2. The molecule has 0 aromatic rings. The maximum Gasteiger partial charge on any atom is 0.331 e. The molecule has 2 saturated heterocycles. The zero-order valence-corrected chi connectivity index (χ0v) is 25.0. The molecular formula is C28H40O4S4. The number of rotatable bonds is 4. The Balaban J connectivity index is 1.77. The minimum Gasteiger partial charge on any atom is -0.458 e. The third-order valence-corrected chi connectivity index (χ3v) is 13.4. The van der Waals surface area contributed by atoms with E-state index in [1.807, 2.05) is 71.4 Å². The largest absolute Gasteiger partial charge is 0.458 e. The maximum absolute atomic E-state index is 12.8. The van der Waals surface area contributed by atoms with Crippen molar-refractivity contribution in [2.45, 2.75) is 61.9 Å². The first-order valence-electron chi connectivity index (χ1n) is 12.9. The molecule has 3 aliphatic rings. The molecule has 36 heavy (non-hydrogen) atoms. The summed E-state index contributed by atoms with van der Waals surface area (Å²) in [6.45, 7) is 8.50. The molecule has 0 amide bonds. The number of carbonyl (C=O) groups excluding carboxylic acids is 2. The van der Waals surface area contributed by atoms with Gasteiger partial charge in [0.05, 0.1) is 9.16 Å². The lowest BCUT2D eigenvalue weighted by Crippen LogP contribution is -2.36. The number of ether oxygens (including phenoxy) is 2. The van der Waals surface area contributed by atoms with Crippen LogP contribution in [0.15, 0.2) is 48.6 Å². The van der Waals surface area contributed by atoms with Gasteiger partial charge in [0, 0.05) is 35.8 Å². The number of hydrogen-bond acceptors (Lipinski definition) is 8. The van der Waals surface area contributed by atoms with Crippen molar-refractivity contribution in [3.8, 4) is 0 Å². The van der Waals surface area contributed by atoms with Crippen LogP contribution in [0, 0.1) is 23.7 Å². The Hall–Kier alpha value is -0.700. The molecule has 0 radical (unpaired) electrons. The van der Waals surface area contributed by atoms with Gasteiger partial charge in [0.2, 0.25) is 0 Å². The van der Waals surface area contributed by atoms with Gasteiger partial charge in [0.15, 0.2) is 0 Å². The van der Waals surface area contributed by atoms with Crippen LogP contribution in [-0.4, -0.2) is 56.3 Å². The third-order valence-electron chi connectivity index (χ3n) is 6.66. The predicted octanol–water partition coefficient (Wildman–Crippen LogP) is 6.99. The summed E-state index contributed by atoms with van der Waals surface area (Å²) in [5.41, 5.74) is 0. The van der Waals surface area contributed by atoms with Crippen LogP contribution in [0.2, 0.25) is 0 Å². The first-order valence-corrected chi connectivity index (χ1v) is 17.1. The summed E-state index contributed by atoms with van der Waals surface area (Å²) >= 11 is 7.85. The molecule has 6 atom stereocenters. The van der Waals surface area contributed by atoms with Gasteiger partial charge >= 0.3 is 11.9 Å². The van der Waals surface area contributed by atoms with E-state index in [9.17, 15) is 9.59 Å². The zero-order valence-electron chi connectivity index (χ0n) is 21.7. The molecule has 0 bridgehead atoms. The van der Waals surface area contributed by atoms with Crippen molar-refractivity contribution in [2.75, 3.05) is 23.0 Å². The molecule has 200 valence electrons. The van der Waals surface area contributed by atoms with Gasteiger partial charge in [-0.25, -0.2) is 9.59 Å². The van der Waals surface area contributed by atoms with Crippen LogP contribution in [-0.2, 0) is 19.1 Å². The van der Waals surface area contributed by atoms with Gasteiger partial charge in [-0.15, -0.1) is 47.0 Å². The van der Waals surface area contributed by atoms with E-state index >= 15 is 0 Å². The Kier molecular flexibility index (Phi) is 13.0. The van der Waals surface area contributed by atoms with Crippen LogP contribution in [0.4, 0.5) is 0 Å². The van der Waals surface area contributed by atoms with Crippen molar-refractivity contribution in [3.63, 3.8) is 0 Å². The minimum absolute atomic E-state index is 0.0118. The molecule has 2 fully saturated rings. The number of hydrogen-bond donors (Lipinski definition) is 0. The van der Waals surface area contributed by atoms with Crippen LogP contribution >= 0.6 is 47.0 Å². The van der Waals surface area contributed by atoms with Crippen molar-refractivity contribution in [1.29, 1.82) is 0 Å². The number of allylic oxidation sites excluding steroid dienone is 4. The molecule has 0 unspecified atom stereocenters. The second-order valence-electron chi connectivity index (χ2n) is 9.65. The highest BCUT2D eigenvalue weighted by Crippen LogP contribution is 2.40. The second kappa shape index (κ2) is 15.6. The Morgan fingerprint density at radius 2 is 1.03 bits per heavy atom. The highest BCUT2D eigenvalue weighted by molar-refractivity contribution is 8.18.